The number of rotatable bonds is 5. The molecule has 0 bridgehead atoms. The van der Waals surface area contributed by atoms with Gasteiger partial charge in [0.2, 0.25) is 0 Å². The van der Waals surface area contributed by atoms with Crippen molar-refractivity contribution < 1.29 is 58.9 Å². The Labute approximate surface area is 110 Å². The zero-order valence-corrected chi connectivity index (χ0v) is 9.66. The molecule has 0 unspecified atom stereocenters. The first-order valence-electron chi connectivity index (χ1n) is 3.96. The Morgan fingerprint density at radius 3 is 2.36 bits per heavy atom. The molecule has 3 heteroatoms. The fraction of sp³-hybridized carbons (Fsp3) is 0.875. The number of ether oxygens (including phenoxy) is 1. The van der Waals surface area contributed by atoms with Crippen LogP contribution in [0.4, 0.5) is 0 Å². The van der Waals surface area contributed by atoms with Gasteiger partial charge >= 0.3 is 5.97 Å². The van der Waals surface area contributed by atoms with Crippen molar-refractivity contribution in [3.05, 3.63) is 0 Å². The minimum absolute atomic E-state index is 0. The maximum Gasteiger partial charge on any atom is 0.305 e. The van der Waals surface area contributed by atoms with E-state index in [0.717, 1.165) is 19.3 Å². The van der Waals surface area contributed by atoms with Crippen molar-refractivity contribution in [2.75, 3.05) is 6.61 Å². The molecule has 0 rings (SSSR count). The Kier molecular flexibility index (Phi) is 14.6. The van der Waals surface area contributed by atoms with Crippen LogP contribution in [0.15, 0.2) is 0 Å². The SMILES string of the molecule is CCCCCC(=O)OCC.[Eu]. The third-order valence-corrected chi connectivity index (χ3v) is 1.29. The Morgan fingerprint density at radius 1 is 1.27 bits per heavy atom. The summed E-state index contributed by atoms with van der Waals surface area (Å²) in [7, 11) is 0. The molecule has 0 aromatic carbocycles. The molecule has 67 valence electrons. The molecule has 0 aliphatic rings. The first-order chi connectivity index (χ1) is 4.81. The summed E-state index contributed by atoms with van der Waals surface area (Å²) in [5.74, 6) is -0.0593. The molecule has 1 radical (unpaired) electrons. The third kappa shape index (κ3) is 11.1. The van der Waals surface area contributed by atoms with Crippen LogP contribution in [0.5, 0.6) is 0 Å². The Morgan fingerprint density at radius 2 is 1.91 bits per heavy atom. The summed E-state index contributed by atoms with van der Waals surface area (Å²) in [6, 6.07) is 0. The van der Waals surface area contributed by atoms with Crippen molar-refractivity contribution in [2.24, 2.45) is 0 Å². The van der Waals surface area contributed by atoms with Crippen LogP contribution in [0.25, 0.3) is 0 Å². The number of unbranched alkanes of at least 4 members (excludes halogenated alkanes) is 2. The van der Waals surface area contributed by atoms with Crippen molar-refractivity contribution in [1.82, 2.24) is 0 Å². The van der Waals surface area contributed by atoms with Crippen LogP contribution in [0.2, 0.25) is 0 Å². The monoisotopic (exact) mass is 297 g/mol. The predicted molar refractivity (Wildman–Crippen MR) is 40.8 cm³/mol. The first kappa shape index (κ1) is 14.6. The Hall–Kier alpha value is 1.05. The molecule has 0 aromatic rings. The van der Waals surface area contributed by atoms with Gasteiger partial charge in [0.05, 0.1) is 6.61 Å². The van der Waals surface area contributed by atoms with Gasteiger partial charge in [-0.15, -0.1) is 0 Å². The normalized spacial score (nSPS) is 8.55. The summed E-state index contributed by atoms with van der Waals surface area (Å²) < 4.78 is 4.75. The second kappa shape index (κ2) is 11.1. The van der Waals surface area contributed by atoms with Gasteiger partial charge in [-0.1, -0.05) is 19.8 Å². The summed E-state index contributed by atoms with van der Waals surface area (Å²) in [6.07, 6.45) is 3.83. The quantitative estimate of drug-likeness (QED) is 0.574. The molecule has 0 spiro atoms. The smallest absolute Gasteiger partial charge is 0.305 e. The van der Waals surface area contributed by atoms with E-state index < -0.39 is 0 Å². The van der Waals surface area contributed by atoms with Crippen LogP contribution in [0.1, 0.15) is 39.5 Å². The van der Waals surface area contributed by atoms with Crippen molar-refractivity contribution in [1.29, 1.82) is 0 Å². The van der Waals surface area contributed by atoms with E-state index in [4.69, 9.17) is 4.74 Å². The molecular formula is C8H16EuO2. The number of hydrogen-bond donors (Lipinski definition) is 0. The van der Waals surface area contributed by atoms with Gasteiger partial charge in [0.15, 0.2) is 0 Å². The number of esters is 1. The summed E-state index contributed by atoms with van der Waals surface area (Å²) in [4.78, 5) is 10.7. The van der Waals surface area contributed by atoms with Crippen LogP contribution in [-0.2, 0) is 9.53 Å². The van der Waals surface area contributed by atoms with E-state index in [0.29, 0.717) is 13.0 Å². The van der Waals surface area contributed by atoms with E-state index in [1.54, 1.807) is 0 Å². The molecule has 0 N–H and O–H groups in total. The van der Waals surface area contributed by atoms with E-state index in [9.17, 15) is 4.79 Å². The van der Waals surface area contributed by atoms with Gasteiger partial charge in [0, 0.05) is 55.8 Å². The van der Waals surface area contributed by atoms with Crippen LogP contribution in [-0.4, -0.2) is 12.6 Å². The van der Waals surface area contributed by atoms with Crippen LogP contribution < -0.4 is 0 Å². The molecule has 0 saturated carbocycles. The minimum atomic E-state index is -0.0593. The maximum atomic E-state index is 10.7. The van der Waals surface area contributed by atoms with Crippen LogP contribution >= 0.6 is 0 Å². The molecule has 2 nitrogen and oxygen atoms in total. The molecule has 0 saturated heterocycles. The van der Waals surface area contributed by atoms with E-state index in [1.165, 1.54) is 0 Å². The van der Waals surface area contributed by atoms with Crippen LogP contribution in [0.3, 0.4) is 0 Å². The van der Waals surface area contributed by atoms with E-state index >= 15 is 0 Å². The van der Waals surface area contributed by atoms with Gasteiger partial charge in [0.1, 0.15) is 0 Å². The molecule has 0 amide bonds. The fourth-order valence-electron chi connectivity index (χ4n) is 0.752. The molecule has 0 aromatic heterocycles. The molecule has 0 atom stereocenters. The Bertz CT molecular complexity index is 94.1. The topological polar surface area (TPSA) is 26.3 Å². The van der Waals surface area contributed by atoms with Crippen molar-refractivity contribution in [3.8, 4) is 0 Å². The second-order valence-electron chi connectivity index (χ2n) is 2.26. The van der Waals surface area contributed by atoms with E-state index in [-0.39, 0.29) is 55.3 Å². The van der Waals surface area contributed by atoms with Crippen molar-refractivity contribution in [3.63, 3.8) is 0 Å². The number of hydrogen-bond acceptors (Lipinski definition) is 2. The molecule has 0 aliphatic carbocycles. The average Bonchev–Trinajstić information content (AvgIpc) is 1.89. The van der Waals surface area contributed by atoms with Crippen molar-refractivity contribution >= 4 is 5.97 Å². The largest absolute Gasteiger partial charge is 0.466 e. The van der Waals surface area contributed by atoms with Gasteiger partial charge in [-0.3, -0.25) is 4.79 Å². The maximum absolute atomic E-state index is 10.7. The summed E-state index contributed by atoms with van der Waals surface area (Å²) in [5, 5.41) is 0. The van der Waals surface area contributed by atoms with Crippen LogP contribution in [0, 0.1) is 49.4 Å². The molecular weight excluding hydrogens is 280 g/mol. The molecule has 0 heterocycles. The predicted octanol–water partition coefficient (Wildman–Crippen LogP) is 2.13. The zero-order chi connectivity index (χ0) is 7.82. The van der Waals surface area contributed by atoms with E-state index in [2.05, 4.69) is 6.92 Å². The standard InChI is InChI=1S/C8H16O2.Eu/c1-3-5-6-7-8(9)10-4-2;/h3-7H2,1-2H3;. The zero-order valence-electron chi connectivity index (χ0n) is 7.23. The van der Waals surface area contributed by atoms with Gasteiger partial charge < -0.3 is 4.74 Å². The van der Waals surface area contributed by atoms with Crippen molar-refractivity contribution in [2.45, 2.75) is 39.5 Å². The summed E-state index contributed by atoms with van der Waals surface area (Å²) >= 11 is 0. The molecule has 0 aliphatic heterocycles. The second-order valence-corrected chi connectivity index (χ2v) is 2.26. The first-order valence-corrected chi connectivity index (χ1v) is 3.96. The Balaban J connectivity index is 0. The summed E-state index contributed by atoms with van der Waals surface area (Å²) in [6.45, 7) is 4.45. The number of carbonyl (C=O) groups is 1. The van der Waals surface area contributed by atoms with Gasteiger partial charge in [0.25, 0.3) is 0 Å². The van der Waals surface area contributed by atoms with Gasteiger partial charge in [-0.2, -0.15) is 0 Å². The molecule has 11 heavy (non-hydrogen) atoms. The fourth-order valence-corrected chi connectivity index (χ4v) is 0.752. The summed E-state index contributed by atoms with van der Waals surface area (Å²) in [5.41, 5.74) is 0. The third-order valence-electron chi connectivity index (χ3n) is 1.29. The molecule has 0 fully saturated rings. The van der Waals surface area contributed by atoms with Gasteiger partial charge in [-0.05, 0) is 13.3 Å². The van der Waals surface area contributed by atoms with Gasteiger partial charge in [-0.25, -0.2) is 0 Å². The van der Waals surface area contributed by atoms with E-state index in [1.807, 2.05) is 6.92 Å². The average molecular weight is 296 g/mol. The number of carbonyl (C=O) groups excluding carboxylic acids is 1. The minimum Gasteiger partial charge on any atom is -0.466 e.